The molecule has 1 atom stereocenters. The highest BCUT2D eigenvalue weighted by molar-refractivity contribution is 5.89. The predicted octanol–water partition coefficient (Wildman–Crippen LogP) is 6.51. The molecule has 3 rings (SSSR count). The molecule has 0 aliphatic carbocycles. The third-order valence-corrected chi connectivity index (χ3v) is 5.46. The van der Waals surface area contributed by atoms with Crippen LogP contribution in [0.1, 0.15) is 74.1 Å². The number of rotatable bonds is 7. The summed E-state index contributed by atoms with van der Waals surface area (Å²) in [5.74, 6) is 0.627. The van der Waals surface area contributed by atoms with Gasteiger partial charge in [-0.1, -0.05) is 62.9 Å². The minimum absolute atomic E-state index is 0.0658. The van der Waals surface area contributed by atoms with Gasteiger partial charge in [-0.05, 0) is 61.4 Å². The molecule has 0 fully saturated rings. The molecular weight excluding hydrogens is 320 g/mol. The van der Waals surface area contributed by atoms with Gasteiger partial charge in [0.05, 0.1) is 5.92 Å². The van der Waals surface area contributed by atoms with Crippen LogP contribution in [0.5, 0.6) is 5.75 Å². The van der Waals surface area contributed by atoms with Crippen LogP contribution in [-0.2, 0) is 11.2 Å². The SMILES string of the molecule is CCCCc1c(-c2ccc(C)cc2C)ccc2c1[C@@H](CCCC)C(=O)O2. The minimum atomic E-state index is -0.0949. The van der Waals surface area contributed by atoms with Crippen LogP contribution in [0, 0.1) is 13.8 Å². The molecule has 0 saturated carbocycles. The van der Waals surface area contributed by atoms with Gasteiger partial charge in [0.15, 0.2) is 0 Å². The Hall–Kier alpha value is -2.09. The molecule has 0 saturated heterocycles. The summed E-state index contributed by atoms with van der Waals surface area (Å²) in [6.45, 7) is 8.70. The van der Waals surface area contributed by atoms with Gasteiger partial charge in [0, 0.05) is 5.56 Å². The predicted molar refractivity (Wildman–Crippen MR) is 108 cm³/mol. The van der Waals surface area contributed by atoms with Crippen molar-refractivity contribution in [2.75, 3.05) is 0 Å². The average Bonchev–Trinajstić information content (AvgIpc) is 2.93. The Morgan fingerprint density at radius 2 is 1.69 bits per heavy atom. The second-order valence-corrected chi connectivity index (χ2v) is 7.54. The molecule has 2 aromatic carbocycles. The first-order valence-electron chi connectivity index (χ1n) is 10.0. The molecule has 1 heterocycles. The van der Waals surface area contributed by atoms with Gasteiger partial charge in [0.2, 0.25) is 0 Å². The normalized spacial score (nSPS) is 15.8. The molecular formula is C24H30O2. The van der Waals surface area contributed by atoms with Crippen molar-refractivity contribution in [3.05, 3.63) is 52.6 Å². The number of unbranched alkanes of at least 4 members (excludes halogenated alkanes) is 2. The van der Waals surface area contributed by atoms with Gasteiger partial charge in [-0.25, -0.2) is 0 Å². The van der Waals surface area contributed by atoms with E-state index in [2.05, 4.69) is 52.0 Å². The van der Waals surface area contributed by atoms with Crippen LogP contribution in [-0.4, -0.2) is 5.97 Å². The van der Waals surface area contributed by atoms with Crippen molar-refractivity contribution in [2.24, 2.45) is 0 Å². The van der Waals surface area contributed by atoms with E-state index in [1.165, 1.54) is 27.8 Å². The van der Waals surface area contributed by atoms with Crippen molar-refractivity contribution in [3.8, 4) is 16.9 Å². The van der Waals surface area contributed by atoms with E-state index in [9.17, 15) is 4.79 Å². The quantitative estimate of drug-likeness (QED) is 0.420. The molecule has 2 heteroatoms. The first-order chi connectivity index (χ1) is 12.6. The summed E-state index contributed by atoms with van der Waals surface area (Å²) < 4.78 is 5.64. The second-order valence-electron chi connectivity index (χ2n) is 7.54. The lowest BCUT2D eigenvalue weighted by Crippen LogP contribution is -2.11. The van der Waals surface area contributed by atoms with Gasteiger partial charge < -0.3 is 4.74 Å². The first kappa shape index (κ1) is 18.7. The number of ether oxygens (including phenoxy) is 1. The number of carbonyl (C=O) groups is 1. The van der Waals surface area contributed by atoms with E-state index in [1.807, 2.05) is 6.07 Å². The summed E-state index contributed by atoms with van der Waals surface area (Å²) in [5, 5.41) is 0. The van der Waals surface area contributed by atoms with Crippen molar-refractivity contribution in [3.63, 3.8) is 0 Å². The van der Waals surface area contributed by atoms with Crippen LogP contribution in [0.3, 0.4) is 0 Å². The monoisotopic (exact) mass is 350 g/mol. The Bertz CT molecular complexity index is 804. The molecule has 26 heavy (non-hydrogen) atoms. The highest BCUT2D eigenvalue weighted by Crippen LogP contribution is 2.44. The van der Waals surface area contributed by atoms with E-state index in [4.69, 9.17) is 4.74 Å². The largest absolute Gasteiger partial charge is 0.426 e. The van der Waals surface area contributed by atoms with E-state index in [0.717, 1.165) is 49.8 Å². The summed E-state index contributed by atoms with van der Waals surface area (Å²) in [6, 6.07) is 10.8. The van der Waals surface area contributed by atoms with E-state index in [-0.39, 0.29) is 11.9 Å². The van der Waals surface area contributed by atoms with E-state index < -0.39 is 0 Å². The topological polar surface area (TPSA) is 26.3 Å². The molecule has 0 spiro atoms. The molecule has 0 amide bonds. The van der Waals surface area contributed by atoms with Crippen LogP contribution in [0.4, 0.5) is 0 Å². The van der Waals surface area contributed by atoms with Crippen molar-refractivity contribution >= 4 is 5.97 Å². The molecule has 0 aromatic heterocycles. The Morgan fingerprint density at radius 3 is 2.38 bits per heavy atom. The fourth-order valence-corrected chi connectivity index (χ4v) is 4.07. The van der Waals surface area contributed by atoms with Gasteiger partial charge in [-0.15, -0.1) is 0 Å². The summed E-state index contributed by atoms with van der Waals surface area (Å²) in [5.41, 5.74) is 7.60. The van der Waals surface area contributed by atoms with Gasteiger partial charge in [-0.2, -0.15) is 0 Å². The molecule has 0 radical (unpaired) electrons. The maximum absolute atomic E-state index is 12.5. The molecule has 1 aliphatic heterocycles. The number of hydrogen-bond acceptors (Lipinski definition) is 2. The second kappa shape index (κ2) is 8.07. The summed E-state index contributed by atoms with van der Waals surface area (Å²) in [6.07, 6.45) is 6.31. The van der Waals surface area contributed by atoms with Gasteiger partial charge >= 0.3 is 5.97 Å². The summed E-state index contributed by atoms with van der Waals surface area (Å²) >= 11 is 0. The number of hydrogen-bond donors (Lipinski definition) is 0. The van der Waals surface area contributed by atoms with Crippen LogP contribution in [0.25, 0.3) is 11.1 Å². The van der Waals surface area contributed by atoms with Crippen molar-refractivity contribution in [1.29, 1.82) is 0 Å². The zero-order chi connectivity index (χ0) is 18.7. The fraction of sp³-hybridized carbons (Fsp3) is 0.458. The molecule has 138 valence electrons. The van der Waals surface area contributed by atoms with Crippen molar-refractivity contribution in [1.82, 2.24) is 0 Å². The fourth-order valence-electron chi connectivity index (χ4n) is 4.07. The third-order valence-electron chi connectivity index (χ3n) is 5.46. The summed E-state index contributed by atoms with van der Waals surface area (Å²) in [4.78, 5) is 12.5. The third kappa shape index (κ3) is 3.56. The maximum Gasteiger partial charge on any atom is 0.318 e. The van der Waals surface area contributed by atoms with Crippen molar-refractivity contribution < 1.29 is 9.53 Å². The molecule has 0 unspecified atom stereocenters. The molecule has 2 aromatic rings. The highest BCUT2D eigenvalue weighted by Gasteiger charge is 2.35. The zero-order valence-corrected chi connectivity index (χ0v) is 16.5. The maximum atomic E-state index is 12.5. The average molecular weight is 351 g/mol. The van der Waals surface area contributed by atoms with Gasteiger partial charge in [0.25, 0.3) is 0 Å². The number of fused-ring (bicyclic) bond motifs is 1. The lowest BCUT2D eigenvalue weighted by molar-refractivity contribution is -0.134. The van der Waals surface area contributed by atoms with E-state index in [1.54, 1.807) is 0 Å². The Balaban J connectivity index is 2.14. The smallest absolute Gasteiger partial charge is 0.318 e. The Labute approximate surface area is 157 Å². The number of benzene rings is 2. The molecule has 0 bridgehead atoms. The number of carbonyl (C=O) groups excluding carboxylic acids is 1. The van der Waals surface area contributed by atoms with E-state index >= 15 is 0 Å². The lowest BCUT2D eigenvalue weighted by atomic mass is 9.84. The standard InChI is InChI=1S/C24H30O2/c1-5-7-9-20-19(18-12-11-16(3)15-17(18)4)13-14-22-23(20)21(10-8-6-2)24(25)26-22/h11-15,21H,5-10H2,1-4H3/t21-/m1/s1. The van der Waals surface area contributed by atoms with Crippen LogP contribution >= 0.6 is 0 Å². The Kier molecular flexibility index (Phi) is 5.80. The molecule has 0 N–H and O–H groups in total. The summed E-state index contributed by atoms with van der Waals surface area (Å²) in [7, 11) is 0. The zero-order valence-electron chi connectivity index (χ0n) is 16.5. The van der Waals surface area contributed by atoms with Gasteiger partial charge in [-0.3, -0.25) is 4.79 Å². The van der Waals surface area contributed by atoms with Crippen LogP contribution in [0.15, 0.2) is 30.3 Å². The molecule has 2 nitrogen and oxygen atoms in total. The van der Waals surface area contributed by atoms with Crippen LogP contribution < -0.4 is 4.74 Å². The number of esters is 1. The minimum Gasteiger partial charge on any atom is -0.426 e. The first-order valence-corrected chi connectivity index (χ1v) is 10.0. The molecule has 1 aliphatic rings. The van der Waals surface area contributed by atoms with E-state index in [0.29, 0.717) is 0 Å². The Morgan fingerprint density at radius 1 is 0.962 bits per heavy atom. The van der Waals surface area contributed by atoms with Crippen molar-refractivity contribution in [2.45, 2.75) is 72.1 Å². The van der Waals surface area contributed by atoms with Gasteiger partial charge in [0.1, 0.15) is 5.75 Å². The number of aryl methyl sites for hydroxylation is 2. The van der Waals surface area contributed by atoms with Crippen LogP contribution in [0.2, 0.25) is 0 Å². The lowest BCUT2D eigenvalue weighted by Gasteiger charge is -2.18. The highest BCUT2D eigenvalue weighted by atomic mass is 16.5.